The van der Waals surface area contributed by atoms with Gasteiger partial charge in [-0.1, -0.05) is 32.6 Å². The van der Waals surface area contributed by atoms with Crippen LogP contribution < -0.4 is 5.32 Å². The summed E-state index contributed by atoms with van der Waals surface area (Å²) in [5.41, 5.74) is 6.44. The van der Waals surface area contributed by atoms with Crippen molar-refractivity contribution < 1.29 is 19.2 Å². The van der Waals surface area contributed by atoms with Crippen molar-refractivity contribution in [2.45, 2.75) is 47.5 Å². The third kappa shape index (κ3) is 11.2. The van der Waals surface area contributed by atoms with Crippen LogP contribution in [-0.4, -0.2) is 105 Å². The van der Waals surface area contributed by atoms with E-state index in [0.29, 0.717) is 18.5 Å². The number of aliphatic imine (C=N–C) groups is 2. The zero-order valence-electron chi connectivity index (χ0n) is 26.0. The van der Waals surface area contributed by atoms with Crippen molar-refractivity contribution in [2.24, 2.45) is 9.98 Å². The number of hydrogen-bond donors (Lipinski definition) is 1. The van der Waals surface area contributed by atoms with Gasteiger partial charge < -0.3 is 24.7 Å². The first-order valence-electron chi connectivity index (χ1n) is 13.8. The summed E-state index contributed by atoms with van der Waals surface area (Å²) in [5.74, 6) is 0.107. The fourth-order valence-electron chi connectivity index (χ4n) is 4.61. The number of allylic oxidation sites excluding steroid dienone is 2. The van der Waals surface area contributed by atoms with Crippen LogP contribution in [-0.2, 0) is 14.4 Å². The highest BCUT2D eigenvalue weighted by molar-refractivity contribution is 6.09. The molecule has 1 aromatic rings. The number of para-hydroxylation sites is 1. The quantitative estimate of drug-likeness (QED) is 0.423. The molecule has 0 spiro atoms. The van der Waals surface area contributed by atoms with Gasteiger partial charge in [0.1, 0.15) is 19.4 Å². The average Bonchev–Trinajstić information content (AvgIpc) is 3.35. The van der Waals surface area contributed by atoms with Gasteiger partial charge in [0.2, 0.25) is 0 Å². The molecule has 1 N–H and O–H groups in total. The Hall–Kier alpha value is -3.92. The number of nitrogens with one attached hydrogen (secondary N) is 1. The molecular weight excluding hydrogens is 520 g/mol. The first kappa shape index (κ1) is 37.1. The molecule has 1 fully saturated rings. The van der Waals surface area contributed by atoms with Gasteiger partial charge in [-0.25, -0.2) is 0 Å². The van der Waals surface area contributed by atoms with E-state index in [0.717, 1.165) is 67.5 Å². The van der Waals surface area contributed by atoms with E-state index in [1.54, 1.807) is 32.1 Å². The van der Waals surface area contributed by atoms with E-state index in [1.165, 1.54) is 5.70 Å². The third-order valence-corrected chi connectivity index (χ3v) is 6.42. The molecule has 226 valence electrons. The second kappa shape index (κ2) is 20.0. The third-order valence-electron chi connectivity index (χ3n) is 6.42. The van der Waals surface area contributed by atoms with E-state index < -0.39 is 0 Å². The van der Waals surface area contributed by atoms with E-state index in [-0.39, 0.29) is 11.7 Å². The lowest BCUT2D eigenvalue weighted by atomic mass is 10.0. The summed E-state index contributed by atoms with van der Waals surface area (Å²) in [4.78, 5) is 55.9. The molecule has 0 unspecified atom stereocenters. The highest BCUT2D eigenvalue weighted by Crippen LogP contribution is 2.26. The van der Waals surface area contributed by atoms with Gasteiger partial charge >= 0.3 is 0 Å². The van der Waals surface area contributed by atoms with Crippen LogP contribution in [0, 0.1) is 0 Å². The summed E-state index contributed by atoms with van der Waals surface area (Å²) < 4.78 is 0. The Balaban J connectivity index is 0.00000250. The Bertz CT molecular complexity index is 1100. The largest absolute Gasteiger partial charge is 0.370 e. The topological polar surface area (TPSA) is 115 Å². The number of amides is 1. The molecule has 0 radical (unpaired) electrons. The van der Waals surface area contributed by atoms with Crippen LogP contribution in [0.4, 0.5) is 5.69 Å². The summed E-state index contributed by atoms with van der Waals surface area (Å²) in [5, 5.41) is 3.14. The molecule has 10 nitrogen and oxygen atoms in total. The predicted octanol–water partition coefficient (Wildman–Crippen LogP) is 4.08. The van der Waals surface area contributed by atoms with Crippen LogP contribution >= 0.6 is 0 Å². The van der Waals surface area contributed by atoms with E-state index in [1.807, 2.05) is 59.5 Å². The number of benzene rings is 1. The van der Waals surface area contributed by atoms with Gasteiger partial charge in [-0.2, -0.15) is 0 Å². The number of carbonyl (C=O) groups excluding carboxylic acids is 4. The van der Waals surface area contributed by atoms with E-state index in [9.17, 15) is 9.59 Å². The van der Waals surface area contributed by atoms with E-state index >= 15 is 0 Å². The Kier molecular flexibility index (Phi) is 18.1. The van der Waals surface area contributed by atoms with Crippen LogP contribution in [0.1, 0.15) is 63.4 Å². The maximum Gasteiger partial charge on any atom is 0.255 e. The zero-order chi connectivity index (χ0) is 31.5. The summed E-state index contributed by atoms with van der Waals surface area (Å²) in [7, 11) is 3.49. The van der Waals surface area contributed by atoms with Gasteiger partial charge in [-0.05, 0) is 33.0 Å². The van der Waals surface area contributed by atoms with Crippen molar-refractivity contribution >= 4 is 42.4 Å². The van der Waals surface area contributed by atoms with Gasteiger partial charge in [0, 0.05) is 82.3 Å². The number of ketones is 1. The molecule has 41 heavy (non-hydrogen) atoms. The number of Topliss-reactive ketones (excluding diaryl/α,β-unsaturated/α-hetero) is 1. The second-order valence-corrected chi connectivity index (χ2v) is 9.34. The molecule has 2 heterocycles. The van der Waals surface area contributed by atoms with Crippen molar-refractivity contribution in [3.63, 3.8) is 0 Å². The molecule has 1 aromatic carbocycles. The smallest absolute Gasteiger partial charge is 0.255 e. The van der Waals surface area contributed by atoms with Crippen LogP contribution in [0.15, 0.2) is 52.4 Å². The first-order valence-corrected chi connectivity index (χ1v) is 13.8. The molecule has 1 amide bonds. The Morgan fingerprint density at radius 3 is 2.17 bits per heavy atom. The number of anilines is 1. The maximum absolute atomic E-state index is 12.6. The van der Waals surface area contributed by atoms with Crippen LogP contribution in [0.2, 0.25) is 0 Å². The van der Waals surface area contributed by atoms with Crippen molar-refractivity contribution in [3.05, 3.63) is 53.5 Å². The van der Waals surface area contributed by atoms with Gasteiger partial charge in [0.15, 0.2) is 0 Å². The number of nitrogens with zero attached hydrogens (tertiary/aromatic N) is 5. The zero-order valence-corrected chi connectivity index (χ0v) is 26.0. The molecule has 1 saturated heterocycles. The lowest BCUT2D eigenvalue weighted by Crippen LogP contribution is -2.46. The molecule has 0 bridgehead atoms. The highest BCUT2D eigenvalue weighted by Gasteiger charge is 2.25. The van der Waals surface area contributed by atoms with Crippen molar-refractivity contribution in [3.8, 4) is 0 Å². The first-order chi connectivity index (χ1) is 19.7. The lowest BCUT2D eigenvalue weighted by molar-refractivity contribution is -0.115. The number of piperazine rings is 1. The fraction of sp³-hybridized carbons (Fsp3) is 0.484. The monoisotopic (exact) mass is 568 g/mol. The van der Waals surface area contributed by atoms with Crippen molar-refractivity contribution in [2.75, 3.05) is 58.7 Å². The minimum Gasteiger partial charge on any atom is -0.370 e. The Morgan fingerprint density at radius 2 is 1.63 bits per heavy atom. The van der Waals surface area contributed by atoms with Gasteiger partial charge in [-0.3, -0.25) is 24.5 Å². The molecule has 0 aliphatic carbocycles. The molecule has 3 rings (SSSR count). The summed E-state index contributed by atoms with van der Waals surface area (Å²) in [6.45, 7) is 22.9. The van der Waals surface area contributed by atoms with Crippen LogP contribution in [0.3, 0.4) is 0 Å². The molecule has 2 aliphatic heterocycles. The second-order valence-electron chi connectivity index (χ2n) is 9.34. The minimum absolute atomic E-state index is 0.0618. The van der Waals surface area contributed by atoms with Gasteiger partial charge in [0.05, 0.1) is 23.5 Å². The standard InChI is InChI=1S/C27H38N6O2.C2H6.2CH2O/c1-7-28-26-23(9-8-10-24(26)27(35)31(5)6)20(3)29-11-12-32-13-15-33(16-14-32)25-18-22(17-19(2)34)30-21(25)4;3*1-2/h7-10,28H,1,11-18H2,2-6H3;1-2H3;2*1H2. The van der Waals surface area contributed by atoms with Crippen LogP contribution in [0.5, 0.6) is 0 Å². The highest BCUT2D eigenvalue weighted by atomic mass is 16.2. The van der Waals surface area contributed by atoms with Crippen molar-refractivity contribution in [1.82, 2.24) is 14.7 Å². The Morgan fingerprint density at radius 1 is 1.05 bits per heavy atom. The molecule has 10 heteroatoms. The molecule has 0 saturated carbocycles. The van der Waals surface area contributed by atoms with E-state index in [2.05, 4.69) is 26.7 Å². The molecule has 0 atom stereocenters. The lowest BCUT2D eigenvalue weighted by Gasteiger charge is -2.36. The predicted molar refractivity (Wildman–Crippen MR) is 169 cm³/mol. The number of carbonyl (C=O) groups is 4. The summed E-state index contributed by atoms with van der Waals surface area (Å²) in [6, 6.07) is 5.69. The van der Waals surface area contributed by atoms with Gasteiger partial charge in [-0.15, -0.1) is 0 Å². The maximum atomic E-state index is 12.6. The number of rotatable bonds is 10. The van der Waals surface area contributed by atoms with Crippen molar-refractivity contribution in [1.29, 1.82) is 0 Å². The minimum atomic E-state index is -0.0618. The molecular formula is C31H48N6O4. The normalized spacial score (nSPS) is 14.8. The summed E-state index contributed by atoms with van der Waals surface area (Å²) in [6.07, 6.45) is 2.84. The average molecular weight is 569 g/mol. The van der Waals surface area contributed by atoms with Crippen LogP contribution in [0.25, 0.3) is 0 Å². The Labute approximate surface area is 245 Å². The van der Waals surface area contributed by atoms with Gasteiger partial charge in [0.25, 0.3) is 5.91 Å². The molecule has 2 aliphatic rings. The summed E-state index contributed by atoms with van der Waals surface area (Å²) >= 11 is 0. The number of hydrogen-bond acceptors (Lipinski definition) is 9. The fourth-order valence-corrected chi connectivity index (χ4v) is 4.61. The SMILES string of the molecule is C=CNc1c(C(=O)N(C)C)cccc1C(C)=NCCN1CCN(C2=C(C)N=C(CC(C)=O)C2)CC1.C=O.C=O.CC. The van der Waals surface area contributed by atoms with E-state index in [4.69, 9.17) is 14.6 Å². The molecule has 0 aromatic heterocycles.